The van der Waals surface area contributed by atoms with E-state index in [0.717, 1.165) is 24.2 Å². The van der Waals surface area contributed by atoms with Crippen molar-refractivity contribution in [1.29, 1.82) is 0 Å². The molecule has 2 aliphatic rings. The van der Waals surface area contributed by atoms with E-state index >= 15 is 0 Å². The molecule has 4 rings (SSSR count). The van der Waals surface area contributed by atoms with Gasteiger partial charge in [0, 0.05) is 6.07 Å². The lowest BCUT2D eigenvalue weighted by molar-refractivity contribution is 0.278. The molecule has 0 radical (unpaired) electrons. The lowest BCUT2D eigenvalue weighted by Gasteiger charge is -2.22. The molecule has 1 saturated carbocycles. The minimum Gasteiger partial charge on any atom is -0.493 e. The highest BCUT2D eigenvalue weighted by atomic mass is 19.1. The van der Waals surface area contributed by atoms with E-state index in [1.807, 2.05) is 6.07 Å². The maximum Gasteiger partial charge on any atom is 0.220 e. The summed E-state index contributed by atoms with van der Waals surface area (Å²) in [5, 5.41) is 10.8. The minimum atomic E-state index is -0.297. The van der Waals surface area contributed by atoms with Gasteiger partial charge in [0.15, 0.2) is 0 Å². The number of hydrogen-bond donors (Lipinski definition) is 1. The van der Waals surface area contributed by atoms with Crippen LogP contribution in [0.3, 0.4) is 0 Å². The Morgan fingerprint density at radius 3 is 2.92 bits per heavy atom. The van der Waals surface area contributed by atoms with Crippen LogP contribution in [0.5, 0.6) is 5.75 Å². The highest BCUT2D eigenvalue weighted by Gasteiger charge is 2.42. The van der Waals surface area contributed by atoms with E-state index in [-0.39, 0.29) is 5.82 Å². The van der Waals surface area contributed by atoms with Crippen molar-refractivity contribution >= 4 is 0 Å². The van der Waals surface area contributed by atoms with Gasteiger partial charge in [-0.25, -0.2) is 4.39 Å². The van der Waals surface area contributed by atoms with E-state index in [9.17, 15) is 4.39 Å². The molecule has 1 aliphatic carbocycles. The van der Waals surface area contributed by atoms with E-state index in [1.54, 1.807) is 6.07 Å². The second kappa shape index (κ2) is 7.52. The van der Waals surface area contributed by atoms with Crippen molar-refractivity contribution in [2.45, 2.75) is 32.1 Å². The first-order chi connectivity index (χ1) is 12.3. The van der Waals surface area contributed by atoms with Gasteiger partial charge >= 0.3 is 0 Å². The van der Waals surface area contributed by atoms with Gasteiger partial charge in [-0.15, -0.1) is 10.2 Å². The van der Waals surface area contributed by atoms with Crippen molar-refractivity contribution in [2.24, 2.45) is 17.8 Å². The predicted octanol–water partition coefficient (Wildman–Crippen LogP) is 3.20. The molecule has 1 aromatic carbocycles. The molecule has 2 fully saturated rings. The molecule has 25 heavy (non-hydrogen) atoms. The fourth-order valence-electron chi connectivity index (χ4n) is 3.98. The Balaban J connectivity index is 1.23. The van der Waals surface area contributed by atoms with Crippen molar-refractivity contribution in [3.63, 3.8) is 0 Å². The number of hydrogen-bond acceptors (Lipinski definition) is 5. The lowest BCUT2D eigenvalue weighted by Crippen LogP contribution is -2.29. The molecule has 2 aromatic rings. The van der Waals surface area contributed by atoms with E-state index < -0.39 is 0 Å². The maximum absolute atomic E-state index is 14.2. The van der Waals surface area contributed by atoms with E-state index in [1.165, 1.54) is 44.8 Å². The van der Waals surface area contributed by atoms with E-state index in [2.05, 4.69) is 15.5 Å². The summed E-state index contributed by atoms with van der Waals surface area (Å²) < 4.78 is 25.0. The molecule has 2 atom stereocenters. The molecule has 1 N–H and O–H groups in total. The summed E-state index contributed by atoms with van der Waals surface area (Å²) in [6.45, 7) is 2.99. The van der Waals surface area contributed by atoms with Crippen LogP contribution in [-0.4, -0.2) is 29.9 Å². The number of nitrogens with zero attached hydrogens (tertiary/aromatic N) is 2. The van der Waals surface area contributed by atoms with Gasteiger partial charge < -0.3 is 14.5 Å². The van der Waals surface area contributed by atoms with Gasteiger partial charge in [0.2, 0.25) is 12.3 Å². The van der Waals surface area contributed by atoms with Crippen molar-refractivity contribution in [3.8, 4) is 5.75 Å². The zero-order valence-corrected chi connectivity index (χ0v) is 14.3. The van der Waals surface area contributed by atoms with Crippen LogP contribution in [0.4, 0.5) is 4.39 Å². The molecule has 1 aliphatic heterocycles. The summed E-state index contributed by atoms with van der Waals surface area (Å²) >= 11 is 0. The summed E-state index contributed by atoms with van der Waals surface area (Å²) in [6.07, 6.45) is 6.58. The fraction of sp³-hybridized carbons (Fsp3) is 0.579. The lowest BCUT2D eigenvalue weighted by atomic mass is 9.91. The monoisotopic (exact) mass is 345 g/mol. The Morgan fingerprint density at radius 1 is 1.28 bits per heavy atom. The molecular weight excluding hydrogens is 321 g/mol. The molecule has 1 saturated heterocycles. The van der Waals surface area contributed by atoms with Gasteiger partial charge in [0.25, 0.3) is 0 Å². The Hall–Kier alpha value is -1.95. The van der Waals surface area contributed by atoms with Crippen LogP contribution in [0, 0.1) is 23.6 Å². The smallest absolute Gasteiger partial charge is 0.220 e. The largest absolute Gasteiger partial charge is 0.493 e. The van der Waals surface area contributed by atoms with Gasteiger partial charge in [-0.3, -0.25) is 0 Å². The van der Waals surface area contributed by atoms with E-state index in [4.69, 9.17) is 9.15 Å². The fourth-order valence-corrected chi connectivity index (χ4v) is 3.98. The van der Waals surface area contributed by atoms with Crippen molar-refractivity contribution < 1.29 is 13.5 Å². The molecule has 0 amide bonds. The highest BCUT2D eigenvalue weighted by molar-refractivity contribution is 5.30. The molecule has 5 nitrogen and oxygen atoms in total. The number of ether oxygens (including phenoxy) is 1. The molecule has 2 unspecified atom stereocenters. The van der Waals surface area contributed by atoms with Crippen LogP contribution >= 0.6 is 0 Å². The molecule has 134 valence electrons. The van der Waals surface area contributed by atoms with Gasteiger partial charge in [-0.05, 0) is 68.2 Å². The second-order valence-corrected chi connectivity index (χ2v) is 7.15. The Bertz CT molecular complexity index is 686. The summed E-state index contributed by atoms with van der Waals surface area (Å²) in [7, 11) is 0. The standard InChI is InChI=1S/C19H24FN3O2/c20-18-11-16(2-1-15(18)10-19-23-22-12-25-19)24-8-5-14-9-17(14)13-3-6-21-7-4-13/h1-2,11-14,17,21H,3-10H2. The Labute approximate surface area is 147 Å². The predicted molar refractivity (Wildman–Crippen MR) is 90.8 cm³/mol. The quantitative estimate of drug-likeness (QED) is 0.835. The van der Waals surface area contributed by atoms with Crippen molar-refractivity contribution in [1.82, 2.24) is 15.5 Å². The summed E-state index contributed by atoms with van der Waals surface area (Å²) in [5.74, 6) is 3.28. The zero-order valence-electron chi connectivity index (χ0n) is 14.3. The number of nitrogens with one attached hydrogen (secondary N) is 1. The molecule has 0 spiro atoms. The van der Waals surface area contributed by atoms with Gasteiger partial charge in [-0.2, -0.15) is 0 Å². The van der Waals surface area contributed by atoms with Gasteiger partial charge in [0.05, 0.1) is 13.0 Å². The number of rotatable bonds is 7. The summed E-state index contributed by atoms with van der Waals surface area (Å²) in [6, 6.07) is 4.98. The van der Waals surface area contributed by atoms with Crippen LogP contribution in [0.2, 0.25) is 0 Å². The zero-order chi connectivity index (χ0) is 17.1. The third kappa shape index (κ3) is 4.18. The van der Waals surface area contributed by atoms with Crippen LogP contribution in [0.1, 0.15) is 37.1 Å². The first-order valence-corrected chi connectivity index (χ1v) is 9.16. The SMILES string of the molecule is Fc1cc(OCCC2CC2C2CCNCC2)ccc1Cc1nnco1. The van der Waals surface area contributed by atoms with Gasteiger partial charge in [-0.1, -0.05) is 6.07 Å². The molecular formula is C19H24FN3O2. The second-order valence-electron chi connectivity index (χ2n) is 7.15. The molecule has 0 bridgehead atoms. The van der Waals surface area contributed by atoms with E-state index in [0.29, 0.717) is 30.2 Å². The number of benzene rings is 1. The van der Waals surface area contributed by atoms with Crippen molar-refractivity contribution in [2.75, 3.05) is 19.7 Å². The van der Waals surface area contributed by atoms with Crippen LogP contribution in [0.15, 0.2) is 29.0 Å². The average Bonchev–Trinajstić information content (AvgIpc) is 3.22. The first kappa shape index (κ1) is 16.5. The number of piperidine rings is 1. The third-order valence-electron chi connectivity index (χ3n) is 5.50. The topological polar surface area (TPSA) is 60.2 Å². The molecule has 2 heterocycles. The van der Waals surface area contributed by atoms with Gasteiger partial charge in [0.1, 0.15) is 11.6 Å². The Kier molecular flexibility index (Phi) is 4.97. The Morgan fingerprint density at radius 2 is 2.16 bits per heavy atom. The maximum atomic E-state index is 14.2. The van der Waals surface area contributed by atoms with Crippen molar-refractivity contribution in [3.05, 3.63) is 41.9 Å². The molecule has 1 aromatic heterocycles. The summed E-state index contributed by atoms with van der Waals surface area (Å²) in [5.41, 5.74) is 0.532. The summed E-state index contributed by atoms with van der Waals surface area (Å²) in [4.78, 5) is 0. The number of halogens is 1. The minimum absolute atomic E-state index is 0.297. The van der Waals surface area contributed by atoms with Crippen LogP contribution < -0.4 is 10.1 Å². The first-order valence-electron chi connectivity index (χ1n) is 9.16. The van der Waals surface area contributed by atoms with Crippen LogP contribution in [-0.2, 0) is 6.42 Å². The molecule has 6 heteroatoms. The average molecular weight is 345 g/mol. The normalized spacial score (nSPS) is 23.6. The third-order valence-corrected chi connectivity index (χ3v) is 5.50. The highest BCUT2D eigenvalue weighted by Crippen LogP contribution is 2.49. The number of aromatic nitrogens is 2. The van der Waals surface area contributed by atoms with Crippen LogP contribution in [0.25, 0.3) is 0 Å².